The smallest absolute Gasteiger partial charge is 0.224 e. The number of allylic oxidation sites excluding steroid dienone is 2. The first-order valence-corrected chi connectivity index (χ1v) is 6.90. The maximum atomic E-state index is 2.35. The summed E-state index contributed by atoms with van der Waals surface area (Å²) in [5.41, 5.74) is 5.02. The Labute approximate surface area is 120 Å². The predicted molar refractivity (Wildman–Crippen MR) is 83.3 cm³/mol. The summed E-state index contributed by atoms with van der Waals surface area (Å²) >= 11 is 0. The average molecular weight is 263 g/mol. The van der Waals surface area contributed by atoms with Crippen molar-refractivity contribution in [1.29, 1.82) is 0 Å². The Morgan fingerprint density at radius 2 is 1.50 bits per heavy atom. The Balaban J connectivity index is 2.18. The van der Waals surface area contributed by atoms with E-state index in [0.717, 1.165) is 6.67 Å². The summed E-state index contributed by atoms with van der Waals surface area (Å²) in [5.74, 6) is 0. The number of hydrogen-bond donors (Lipinski definition) is 0. The summed E-state index contributed by atoms with van der Waals surface area (Å²) < 4.78 is 2.35. The summed E-state index contributed by atoms with van der Waals surface area (Å²) in [6, 6.07) is 21.1. The lowest BCUT2D eigenvalue weighted by atomic mass is 10.1. The minimum absolute atomic E-state index is 0.872. The molecule has 0 radical (unpaired) electrons. The summed E-state index contributed by atoms with van der Waals surface area (Å²) in [7, 11) is 2.13. The topological polar surface area (TPSA) is 6.25 Å². The van der Waals surface area contributed by atoms with Crippen molar-refractivity contribution < 1.29 is 4.58 Å². The second-order valence-electron chi connectivity index (χ2n) is 5.14. The molecule has 0 spiro atoms. The van der Waals surface area contributed by atoms with Crippen LogP contribution in [0.2, 0.25) is 0 Å². The number of benzene rings is 2. The molecule has 0 aliphatic carbocycles. The van der Waals surface area contributed by atoms with Crippen molar-refractivity contribution >= 4 is 11.4 Å². The molecule has 100 valence electrons. The molecule has 0 N–H and O–H groups in total. The lowest BCUT2D eigenvalue weighted by Gasteiger charge is -2.23. The lowest BCUT2D eigenvalue weighted by molar-refractivity contribution is -0.464. The van der Waals surface area contributed by atoms with Gasteiger partial charge in [0.25, 0.3) is 0 Å². The van der Waals surface area contributed by atoms with Crippen LogP contribution in [0.5, 0.6) is 0 Å². The van der Waals surface area contributed by atoms with Gasteiger partial charge in [0.1, 0.15) is 0 Å². The van der Waals surface area contributed by atoms with Gasteiger partial charge in [-0.05, 0) is 19.1 Å². The monoisotopic (exact) mass is 263 g/mol. The fraction of sp³-hybridized carbons (Fsp3) is 0.167. The van der Waals surface area contributed by atoms with E-state index in [9.17, 15) is 0 Å². The van der Waals surface area contributed by atoms with E-state index in [0.29, 0.717) is 0 Å². The van der Waals surface area contributed by atoms with Crippen LogP contribution in [-0.2, 0) is 0 Å². The molecule has 20 heavy (non-hydrogen) atoms. The molecule has 1 aliphatic heterocycles. The highest BCUT2D eigenvalue weighted by Crippen LogP contribution is 2.20. The van der Waals surface area contributed by atoms with E-state index in [1.54, 1.807) is 0 Å². The number of nitrogens with zero attached hydrogens (tertiary/aromatic N) is 2. The Bertz CT molecular complexity index is 654. The summed E-state index contributed by atoms with van der Waals surface area (Å²) in [6.07, 6.45) is 2.26. The molecule has 2 aromatic carbocycles. The highest BCUT2D eigenvalue weighted by atomic mass is 15.3. The van der Waals surface area contributed by atoms with Crippen LogP contribution in [0.3, 0.4) is 0 Å². The van der Waals surface area contributed by atoms with Crippen molar-refractivity contribution in [3.05, 3.63) is 78.0 Å². The Morgan fingerprint density at radius 1 is 0.900 bits per heavy atom. The van der Waals surface area contributed by atoms with Crippen molar-refractivity contribution in [2.45, 2.75) is 6.92 Å². The van der Waals surface area contributed by atoms with Gasteiger partial charge in [-0.3, -0.25) is 0 Å². The predicted octanol–water partition coefficient (Wildman–Crippen LogP) is 3.63. The van der Waals surface area contributed by atoms with E-state index in [1.807, 2.05) is 0 Å². The van der Waals surface area contributed by atoms with E-state index >= 15 is 0 Å². The van der Waals surface area contributed by atoms with E-state index in [4.69, 9.17) is 0 Å². The minimum atomic E-state index is 0.872. The van der Waals surface area contributed by atoms with Gasteiger partial charge >= 0.3 is 0 Å². The quantitative estimate of drug-likeness (QED) is 0.750. The van der Waals surface area contributed by atoms with Gasteiger partial charge in [-0.1, -0.05) is 36.4 Å². The SMILES string of the molecule is CC1=CC(c2ccccc2)=[N+](c2ccccc2)CN1C. The van der Waals surface area contributed by atoms with Gasteiger partial charge in [-0.15, -0.1) is 0 Å². The molecule has 0 bridgehead atoms. The van der Waals surface area contributed by atoms with Gasteiger partial charge in [0, 0.05) is 36.5 Å². The zero-order chi connectivity index (χ0) is 13.9. The first kappa shape index (κ1) is 12.7. The van der Waals surface area contributed by atoms with Crippen molar-refractivity contribution in [2.75, 3.05) is 13.7 Å². The third-order valence-corrected chi connectivity index (χ3v) is 3.73. The molecule has 2 heteroatoms. The van der Waals surface area contributed by atoms with Crippen LogP contribution >= 0.6 is 0 Å². The van der Waals surface area contributed by atoms with Gasteiger partial charge in [-0.25, -0.2) is 0 Å². The fourth-order valence-corrected chi connectivity index (χ4v) is 2.46. The average Bonchev–Trinajstić information content (AvgIpc) is 2.51. The molecular formula is C18H19N2+. The van der Waals surface area contributed by atoms with E-state index in [-0.39, 0.29) is 0 Å². The molecule has 0 atom stereocenters. The fourth-order valence-electron chi connectivity index (χ4n) is 2.46. The first-order valence-electron chi connectivity index (χ1n) is 6.90. The van der Waals surface area contributed by atoms with Gasteiger partial charge in [0.2, 0.25) is 18.1 Å². The van der Waals surface area contributed by atoms with Crippen molar-refractivity contribution in [3.8, 4) is 0 Å². The molecule has 1 heterocycles. The molecule has 0 aromatic heterocycles. The third-order valence-electron chi connectivity index (χ3n) is 3.73. The van der Waals surface area contributed by atoms with Crippen LogP contribution in [0.15, 0.2) is 72.4 Å². The summed E-state index contributed by atoms with van der Waals surface area (Å²) in [6.45, 7) is 3.03. The van der Waals surface area contributed by atoms with Crippen molar-refractivity contribution in [2.24, 2.45) is 0 Å². The first-order chi connectivity index (χ1) is 9.75. The zero-order valence-corrected chi connectivity index (χ0v) is 12.0. The Morgan fingerprint density at radius 3 is 2.15 bits per heavy atom. The number of hydrogen-bond acceptors (Lipinski definition) is 1. The molecule has 0 amide bonds. The van der Waals surface area contributed by atoms with Gasteiger partial charge in [0.05, 0.1) is 0 Å². The maximum Gasteiger partial charge on any atom is 0.224 e. The van der Waals surface area contributed by atoms with Crippen LogP contribution < -0.4 is 0 Å². The lowest BCUT2D eigenvalue weighted by Crippen LogP contribution is -2.34. The van der Waals surface area contributed by atoms with Crippen LogP contribution in [0, 0.1) is 0 Å². The Hall–Kier alpha value is -2.35. The Kier molecular flexibility index (Phi) is 3.38. The third kappa shape index (κ3) is 2.37. The largest absolute Gasteiger partial charge is 0.324 e. The molecular weight excluding hydrogens is 244 g/mol. The molecule has 0 saturated heterocycles. The second kappa shape index (κ2) is 5.33. The van der Waals surface area contributed by atoms with E-state index in [2.05, 4.69) is 90.2 Å². The van der Waals surface area contributed by atoms with Gasteiger partial charge < -0.3 is 4.90 Å². The van der Waals surface area contributed by atoms with E-state index in [1.165, 1.54) is 22.7 Å². The van der Waals surface area contributed by atoms with Gasteiger partial charge in [-0.2, -0.15) is 4.58 Å². The number of para-hydroxylation sites is 1. The van der Waals surface area contributed by atoms with Crippen LogP contribution in [0.1, 0.15) is 12.5 Å². The minimum Gasteiger partial charge on any atom is -0.324 e. The highest BCUT2D eigenvalue weighted by molar-refractivity contribution is 6.06. The highest BCUT2D eigenvalue weighted by Gasteiger charge is 2.24. The van der Waals surface area contributed by atoms with Crippen LogP contribution in [-0.4, -0.2) is 28.9 Å². The standard InChI is InChI=1S/C18H19N2/c1-15-13-18(16-9-5-3-6-10-16)20(14-19(15)2)17-11-7-4-8-12-17/h3-13H,14H2,1-2H3/q+1. The van der Waals surface area contributed by atoms with Crippen LogP contribution in [0.4, 0.5) is 5.69 Å². The molecule has 0 fully saturated rings. The maximum absolute atomic E-state index is 2.35. The van der Waals surface area contributed by atoms with E-state index < -0.39 is 0 Å². The summed E-state index contributed by atoms with van der Waals surface area (Å²) in [4.78, 5) is 2.26. The molecule has 0 unspecified atom stereocenters. The molecule has 2 nitrogen and oxygen atoms in total. The second-order valence-corrected chi connectivity index (χ2v) is 5.14. The molecule has 1 aliphatic rings. The molecule has 2 aromatic rings. The summed E-state index contributed by atoms with van der Waals surface area (Å²) in [5, 5.41) is 0. The molecule has 0 saturated carbocycles. The zero-order valence-electron chi connectivity index (χ0n) is 12.0. The van der Waals surface area contributed by atoms with Crippen molar-refractivity contribution in [1.82, 2.24) is 4.90 Å². The normalized spacial score (nSPS) is 15.3. The van der Waals surface area contributed by atoms with Gasteiger partial charge in [0.15, 0.2) is 0 Å². The van der Waals surface area contributed by atoms with Crippen LogP contribution in [0.25, 0.3) is 0 Å². The van der Waals surface area contributed by atoms with Crippen molar-refractivity contribution in [3.63, 3.8) is 0 Å². The molecule has 3 rings (SSSR count). The number of rotatable bonds is 2.